The molecule has 4 N–H and O–H groups in total. The Bertz CT molecular complexity index is 775. The number of pyridine rings is 1. The lowest BCUT2D eigenvalue weighted by molar-refractivity contribution is -0.133. The fraction of sp³-hybridized carbons (Fsp3) is 0.400. The van der Waals surface area contributed by atoms with Crippen LogP contribution in [0.1, 0.15) is 31.2 Å². The highest BCUT2D eigenvalue weighted by molar-refractivity contribution is 5.79. The van der Waals surface area contributed by atoms with Crippen molar-refractivity contribution in [2.24, 2.45) is 5.73 Å². The van der Waals surface area contributed by atoms with Gasteiger partial charge in [-0.1, -0.05) is 30.3 Å². The van der Waals surface area contributed by atoms with E-state index < -0.39 is 31.2 Å². The molecule has 1 aromatic heterocycles. The van der Waals surface area contributed by atoms with Gasteiger partial charge in [0.15, 0.2) is 0 Å². The third-order valence-electron chi connectivity index (χ3n) is 4.12. The molecule has 1 heterocycles. The van der Waals surface area contributed by atoms with E-state index >= 15 is 0 Å². The number of hydrogen-bond donors (Lipinski definition) is 3. The number of carbonyl (C=O) groups excluding carboxylic acids is 1. The average Bonchev–Trinajstić information content (AvgIpc) is 2.64. The molecule has 0 unspecified atom stereocenters. The first-order chi connectivity index (χ1) is 13.1. The van der Waals surface area contributed by atoms with E-state index in [1.165, 1.54) is 0 Å². The predicted molar refractivity (Wildman–Crippen MR) is 101 cm³/mol. The molecule has 0 radical (unpaired) electrons. The molecule has 8 heteroatoms. The Kier molecular flexibility index (Phi) is 7.15. The van der Waals surface area contributed by atoms with Gasteiger partial charge in [-0.05, 0) is 31.0 Å². The van der Waals surface area contributed by atoms with E-state index in [2.05, 4.69) is 4.98 Å². The number of nitrogens with zero attached hydrogens (tertiary/aromatic N) is 1. The Hall–Kier alpha value is -2.45. The highest BCUT2D eigenvalue weighted by Crippen LogP contribution is 2.24. The van der Waals surface area contributed by atoms with E-state index in [9.17, 15) is 23.1 Å². The van der Waals surface area contributed by atoms with E-state index in [-0.39, 0.29) is 5.54 Å². The number of hydrogen-bond acceptors (Lipinski definition) is 4. The summed E-state index contributed by atoms with van der Waals surface area (Å²) in [6.45, 7) is 2.66. The standard InChI is InChI=1S/C20H24F3N3O2/c1-20(2,24)9-15-8-7-14(11-25-15)12-3-5-13(6-4-12)17(27)16(10-21)26-19(28)18(22)23/h3-8,11,16-18,27H,9-10,24H2,1-2H3,(H,26,28)/t16-,17+/m1/s1. The topological polar surface area (TPSA) is 88.2 Å². The molecule has 0 saturated heterocycles. The first-order valence-electron chi connectivity index (χ1n) is 8.77. The van der Waals surface area contributed by atoms with Gasteiger partial charge in [-0.2, -0.15) is 8.78 Å². The molecule has 152 valence electrons. The first-order valence-corrected chi connectivity index (χ1v) is 8.77. The predicted octanol–water partition coefficient (Wildman–Crippen LogP) is 2.78. The lowest BCUT2D eigenvalue weighted by atomic mass is 9.97. The van der Waals surface area contributed by atoms with Gasteiger partial charge in [0.25, 0.3) is 5.91 Å². The minimum atomic E-state index is -3.27. The monoisotopic (exact) mass is 395 g/mol. The Morgan fingerprint density at radius 2 is 1.79 bits per heavy atom. The summed E-state index contributed by atoms with van der Waals surface area (Å²) < 4.78 is 37.7. The zero-order chi connectivity index (χ0) is 20.9. The van der Waals surface area contributed by atoms with Gasteiger partial charge in [0, 0.05) is 29.4 Å². The summed E-state index contributed by atoms with van der Waals surface area (Å²) in [6, 6.07) is 8.83. The van der Waals surface area contributed by atoms with Crippen LogP contribution in [0.4, 0.5) is 13.2 Å². The van der Waals surface area contributed by atoms with Crippen molar-refractivity contribution < 1.29 is 23.1 Å². The summed E-state index contributed by atoms with van der Waals surface area (Å²) in [6.07, 6.45) is -2.38. The molecular formula is C20H24F3N3O2. The van der Waals surface area contributed by atoms with Crippen LogP contribution in [-0.2, 0) is 11.2 Å². The zero-order valence-corrected chi connectivity index (χ0v) is 15.7. The smallest absolute Gasteiger partial charge is 0.315 e. The van der Waals surface area contributed by atoms with Crippen LogP contribution in [0, 0.1) is 0 Å². The van der Waals surface area contributed by atoms with E-state index in [0.29, 0.717) is 12.0 Å². The highest BCUT2D eigenvalue weighted by atomic mass is 19.3. The zero-order valence-electron chi connectivity index (χ0n) is 15.7. The summed E-state index contributed by atoms with van der Waals surface area (Å²) in [5.41, 5.74) is 8.45. The van der Waals surface area contributed by atoms with Crippen LogP contribution >= 0.6 is 0 Å². The highest BCUT2D eigenvalue weighted by Gasteiger charge is 2.26. The van der Waals surface area contributed by atoms with Gasteiger partial charge in [0.1, 0.15) is 12.8 Å². The maximum absolute atomic E-state index is 13.1. The van der Waals surface area contributed by atoms with E-state index in [1.807, 2.05) is 26.0 Å². The van der Waals surface area contributed by atoms with E-state index in [4.69, 9.17) is 5.73 Å². The number of nitrogens with two attached hydrogens (primary N) is 1. The van der Waals surface area contributed by atoms with Crippen molar-refractivity contribution in [3.8, 4) is 11.1 Å². The molecule has 5 nitrogen and oxygen atoms in total. The van der Waals surface area contributed by atoms with Gasteiger partial charge in [0.05, 0.1) is 6.04 Å². The molecule has 1 amide bonds. The fourth-order valence-corrected chi connectivity index (χ4v) is 2.72. The van der Waals surface area contributed by atoms with Crippen LogP contribution in [0.5, 0.6) is 0 Å². The molecule has 0 saturated carbocycles. The number of rotatable bonds is 8. The summed E-state index contributed by atoms with van der Waals surface area (Å²) in [5.74, 6) is -1.62. The number of nitrogens with one attached hydrogen (secondary N) is 1. The van der Waals surface area contributed by atoms with E-state index in [1.54, 1.807) is 35.8 Å². The number of amides is 1. The van der Waals surface area contributed by atoms with Gasteiger partial charge in [-0.3, -0.25) is 9.78 Å². The lowest BCUT2D eigenvalue weighted by Gasteiger charge is -2.22. The number of aliphatic hydroxyl groups is 1. The third-order valence-corrected chi connectivity index (χ3v) is 4.12. The number of carbonyl (C=O) groups is 1. The van der Waals surface area contributed by atoms with Crippen molar-refractivity contribution >= 4 is 5.91 Å². The molecular weight excluding hydrogens is 371 g/mol. The summed E-state index contributed by atoms with van der Waals surface area (Å²) in [7, 11) is 0. The molecule has 2 rings (SSSR count). The minimum Gasteiger partial charge on any atom is -0.386 e. The Labute approximate surface area is 161 Å². The quantitative estimate of drug-likeness (QED) is 0.641. The molecule has 2 aromatic rings. The van der Waals surface area contributed by atoms with Crippen molar-refractivity contribution in [2.45, 2.75) is 44.4 Å². The van der Waals surface area contributed by atoms with Crippen molar-refractivity contribution in [3.05, 3.63) is 53.9 Å². The summed E-state index contributed by atoms with van der Waals surface area (Å²) >= 11 is 0. The Morgan fingerprint density at radius 1 is 1.18 bits per heavy atom. The molecule has 0 aliphatic heterocycles. The lowest BCUT2D eigenvalue weighted by Crippen LogP contribution is -2.43. The summed E-state index contributed by atoms with van der Waals surface area (Å²) in [4.78, 5) is 15.4. The minimum absolute atomic E-state index is 0.301. The maximum Gasteiger partial charge on any atom is 0.315 e. The fourth-order valence-electron chi connectivity index (χ4n) is 2.72. The normalized spacial score (nSPS) is 14.0. The average molecular weight is 395 g/mol. The number of aromatic nitrogens is 1. The number of alkyl halides is 3. The molecule has 28 heavy (non-hydrogen) atoms. The SMILES string of the molecule is CC(C)(N)Cc1ccc(-c2ccc([C@H](O)[C@@H](CF)NC(=O)C(F)F)cc2)cn1. The van der Waals surface area contributed by atoms with Gasteiger partial charge >= 0.3 is 6.43 Å². The number of benzene rings is 1. The summed E-state index contributed by atoms with van der Waals surface area (Å²) in [5, 5.41) is 12.0. The van der Waals surface area contributed by atoms with Crippen LogP contribution in [0.2, 0.25) is 0 Å². The van der Waals surface area contributed by atoms with Crippen molar-refractivity contribution in [2.75, 3.05) is 6.67 Å². The van der Waals surface area contributed by atoms with E-state index in [0.717, 1.165) is 16.8 Å². The van der Waals surface area contributed by atoms with Crippen molar-refractivity contribution in [1.29, 1.82) is 0 Å². The molecule has 2 atom stereocenters. The Morgan fingerprint density at radius 3 is 2.25 bits per heavy atom. The van der Waals surface area contributed by atoms with Crippen molar-refractivity contribution in [3.63, 3.8) is 0 Å². The first kappa shape index (κ1) is 21.8. The van der Waals surface area contributed by atoms with Gasteiger partial charge in [0.2, 0.25) is 0 Å². The molecule has 0 fully saturated rings. The van der Waals surface area contributed by atoms with Gasteiger partial charge in [-0.15, -0.1) is 0 Å². The van der Waals surface area contributed by atoms with Crippen molar-refractivity contribution in [1.82, 2.24) is 10.3 Å². The van der Waals surface area contributed by atoms with Crippen LogP contribution in [0.3, 0.4) is 0 Å². The van der Waals surface area contributed by atoms with Crippen LogP contribution in [0.15, 0.2) is 42.6 Å². The number of aliphatic hydroxyl groups excluding tert-OH is 1. The second-order valence-corrected chi connectivity index (χ2v) is 7.34. The number of halogens is 3. The van der Waals surface area contributed by atoms with Crippen LogP contribution in [-0.4, -0.2) is 40.7 Å². The molecule has 1 aromatic carbocycles. The second-order valence-electron chi connectivity index (χ2n) is 7.34. The molecule has 0 bridgehead atoms. The van der Waals surface area contributed by atoms with Gasteiger partial charge < -0.3 is 16.2 Å². The molecule has 0 aliphatic carbocycles. The van der Waals surface area contributed by atoms with Gasteiger partial charge in [-0.25, -0.2) is 4.39 Å². The third kappa shape index (κ3) is 6.03. The molecule has 0 spiro atoms. The Balaban J connectivity index is 2.10. The second kappa shape index (κ2) is 9.16. The largest absolute Gasteiger partial charge is 0.386 e. The maximum atomic E-state index is 13.1. The van der Waals surface area contributed by atoms with Crippen LogP contribution < -0.4 is 11.1 Å². The van der Waals surface area contributed by atoms with Crippen LogP contribution in [0.25, 0.3) is 11.1 Å². The molecule has 0 aliphatic rings.